The van der Waals surface area contributed by atoms with Gasteiger partial charge < -0.3 is 20.5 Å². The minimum atomic E-state index is -1.20. The number of carbonyl (C=O) groups is 2. The van der Waals surface area contributed by atoms with Gasteiger partial charge in [0.2, 0.25) is 5.91 Å². The Balaban J connectivity index is 2.93. The molecule has 0 heterocycles. The van der Waals surface area contributed by atoms with Crippen LogP contribution in [-0.4, -0.2) is 37.2 Å². The zero-order chi connectivity index (χ0) is 14.6. The van der Waals surface area contributed by atoms with Crippen molar-refractivity contribution in [1.29, 1.82) is 0 Å². The van der Waals surface area contributed by atoms with E-state index in [0.717, 1.165) is 5.56 Å². The lowest BCUT2D eigenvalue weighted by atomic mass is 10.1. The Morgan fingerprint density at radius 3 is 2.63 bits per heavy atom. The third-order valence-electron chi connectivity index (χ3n) is 2.78. The highest BCUT2D eigenvalue weighted by molar-refractivity contribution is 5.96. The van der Waals surface area contributed by atoms with Gasteiger partial charge in [-0.25, -0.2) is 0 Å². The highest BCUT2D eigenvalue weighted by Crippen LogP contribution is 2.28. The molecule has 1 rings (SSSR count). The third-order valence-corrected chi connectivity index (χ3v) is 2.78. The largest absolute Gasteiger partial charge is 0.495 e. The van der Waals surface area contributed by atoms with Crippen LogP contribution in [0.1, 0.15) is 12.0 Å². The Labute approximate surface area is 111 Å². The molecule has 0 aliphatic heterocycles. The molecule has 0 aromatic heterocycles. The van der Waals surface area contributed by atoms with Crippen molar-refractivity contribution in [3.05, 3.63) is 23.8 Å². The summed E-state index contributed by atoms with van der Waals surface area (Å²) in [4.78, 5) is 24.0. The Morgan fingerprint density at radius 2 is 2.11 bits per heavy atom. The molecular weight excluding hydrogens is 248 g/mol. The predicted octanol–water partition coefficient (Wildman–Crippen LogP) is 0.768. The van der Waals surface area contributed by atoms with E-state index in [2.05, 4.69) is 0 Å². The summed E-state index contributed by atoms with van der Waals surface area (Å²) in [7, 11) is 3.07. The standard InChI is InChI=1S/C13H18N2O4/c1-8-4-5-11(19-3)10(6-8)15(2)12(16)7-9(14)13(17)18/h4-6,9H,7,14H2,1-3H3,(H,17,18). The number of aliphatic carboxylic acids is 1. The van der Waals surface area contributed by atoms with Gasteiger partial charge in [-0.1, -0.05) is 6.07 Å². The fourth-order valence-electron chi connectivity index (χ4n) is 1.61. The molecular formula is C13H18N2O4. The number of anilines is 1. The maximum Gasteiger partial charge on any atom is 0.321 e. The first kappa shape index (κ1) is 15.0. The molecule has 6 nitrogen and oxygen atoms in total. The number of amides is 1. The van der Waals surface area contributed by atoms with E-state index in [4.69, 9.17) is 15.6 Å². The fraction of sp³-hybridized carbons (Fsp3) is 0.385. The average molecular weight is 266 g/mol. The number of carboxylic acid groups (broad SMARTS) is 1. The summed E-state index contributed by atoms with van der Waals surface area (Å²) in [6, 6.07) is 4.21. The molecule has 104 valence electrons. The molecule has 1 aromatic rings. The lowest BCUT2D eigenvalue weighted by molar-refractivity contribution is -0.140. The van der Waals surface area contributed by atoms with Crippen LogP contribution < -0.4 is 15.4 Å². The van der Waals surface area contributed by atoms with Crippen molar-refractivity contribution >= 4 is 17.6 Å². The molecule has 1 unspecified atom stereocenters. The lowest BCUT2D eigenvalue weighted by Gasteiger charge is -2.21. The number of hydrogen-bond donors (Lipinski definition) is 2. The van der Waals surface area contributed by atoms with Gasteiger partial charge in [-0.05, 0) is 24.6 Å². The second kappa shape index (κ2) is 6.19. The van der Waals surface area contributed by atoms with Crippen LogP contribution in [0, 0.1) is 6.92 Å². The smallest absolute Gasteiger partial charge is 0.321 e. The Morgan fingerprint density at radius 1 is 1.47 bits per heavy atom. The van der Waals surface area contributed by atoms with Gasteiger partial charge in [0, 0.05) is 7.05 Å². The second-order valence-electron chi connectivity index (χ2n) is 4.28. The van der Waals surface area contributed by atoms with Crippen LogP contribution in [0.15, 0.2) is 18.2 Å². The Bertz CT molecular complexity index is 488. The molecule has 1 aromatic carbocycles. The molecule has 6 heteroatoms. The number of benzene rings is 1. The maximum atomic E-state index is 12.0. The van der Waals surface area contributed by atoms with Crippen LogP contribution >= 0.6 is 0 Å². The summed E-state index contributed by atoms with van der Waals surface area (Å²) in [5.74, 6) is -1.03. The van der Waals surface area contributed by atoms with Gasteiger partial charge in [-0.15, -0.1) is 0 Å². The van der Waals surface area contributed by atoms with Crippen LogP contribution in [0.4, 0.5) is 5.69 Å². The number of nitrogens with zero attached hydrogens (tertiary/aromatic N) is 1. The number of carboxylic acids is 1. The summed E-state index contributed by atoms with van der Waals surface area (Å²) in [5, 5.41) is 8.71. The molecule has 0 saturated heterocycles. The number of aryl methyl sites for hydroxylation is 1. The summed E-state index contributed by atoms with van der Waals surface area (Å²) in [6.45, 7) is 1.89. The molecule has 1 atom stereocenters. The van der Waals surface area contributed by atoms with Gasteiger partial charge in [-0.2, -0.15) is 0 Å². The van der Waals surface area contributed by atoms with Crippen molar-refractivity contribution in [2.75, 3.05) is 19.1 Å². The molecule has 3 N–H and O–H groups in total. The van der Waals surface area contributed by atoms with Gasteiger partial charge in [0.25, 0.3) is 0 Å². The normalized spacial score (nSPS) is 11.8. The Kier molecular flexibility index (Phi) is 4.88. The van der Waals surface area contributed by atoms with E-state index in [0.29, 0.717) is 11.4 Å². The first-order chi connectivity index (χ1) is 8.86. The number of methoxy groups -OCH3 is 1. The quantitative estimate of drug-likeness (QED) is 0.821. The molecule has 0 bridgehead atoms. The minimum Gasteiger partial charge on any atom is -0.495 e. The molecule has 0 fully saturated rings. The number of carbonyl (C=O) groups excluding carboxylic acids is 1. The maximum absolute atomic E-state index is 12.0. The highest BCUT2D eigenvalue weighted by atomic mass is 16.5. The van der Waals surface area contributed by atoms with Crippen molar-refractivity contribution in [3.63, 3.8) is 0 Å². The fourth-order valence-corrected chi connectivity index (χ4v) is 1.61. The highest BCUT2D eigenvalue weighted by Gasteiger charge is 2.21. The van der Waals surface area contributed by atoms with Crippen LogP contribution in [0.5, 0.6) is 5.75 Å². The molecule has 0 saturated carbocycles. The number of ether oxygens (including phenoxy) is 1. The van der Waals surface area contributed by atoms with Crippen molar-refractivity contribution in [2.24, 2.45) is 5.73 Å². The van der Waals surface area contributed by atoms with Crippen LogP contribution in [0.25, 0.3) is 0 Å². The van der Waals surface area contributed by atoms with Crippen LogP contribution in [0.2, 0.25) is 0 Å². The van der Waals surface area contributed by atoms with Gasteiger partial charge in [0.05, 0.1) is 19.2 Å². The number of nitrogens with two attached hydrogens (primary N) is 1. The predicted molar refractivity (Wildman–Crippen MR) is 71.4 cm³/mol. The van der Waals surface area contributed by atoms with E-state index < -0.39 is 12.0 Å². The van der Waals surface area contributed by atoms with E-state index in [1.807, 2.05) is 13.0 Å². The van der Waals surface area contributed by atoms with Gasteiger partial charge in [-0.3, -0.25) is 9.59 Å². The lowest BCUT2D eigenvalue weighted by Crippen LogP contribution is -2.38. The number of hydrogen-bond acceptors (Lipinski definition) is 4. The third kappa shape index (κ3) is 3.69. The molecule has 0 spiro atoms. The van der Waals surface area contributed by atoms with Gasteiger partial charge >= 0.3 is 5.97 Å². The summed E-state index contributed by atoms with van der Waals surface area (Å²) in [5.41, 5.74) is 6.91. The van der Waals surface area contributed by atoms with Crippen molar-refractivity contribution in [2.45, 2.75) is 19.4 Å². The van der Waals surface area contributed by atoms with E-state index in [1.54, 1.807) is 19.2 Å². The second-order valence-corrected chi connectivity index (χ2v) is 4.28. The van der Waals surface area contributed by atoms with E-state index in [9.17, 15) is 9.59 Å². The van der Waals surface area contributed by atoms with Crippen LogP contribution in [0.3, 0.4) is 0 Å². The van der Waals surface area contributed by atoms with Gasteiger partial charge in [0.1, 0.15) is 11.8 Å². The van der Waals surface area contributed by atoms with E-state index >= 15 is 0 Å². The van der Waals surface area contributed by atoms with Crippen LogP contribution in [-0.2, 0) is 9.59 Å². The first-order valence-corrected chi connectivity index (χ1v) is 5.76. The SMILES string of the molecule is COc1ccc(C)cc1N(C)C(=O)CC(N)C(=O)O. The zero-order valence-corrected chi connectivity index (χ0v) is 11.2. The molecule has 1 amide bonds. The molecule has 19 heavy (non-hydrogen) atoms. The monoisotopic (exact) mass is 266 g/mol. The Hall–Kier alpha value is -2.08. The van der Waals surface area contributed by atoms with E-state index in [-0.39, 0.29) is 12.3 Å². The van der Waals surface area contributed by atoms with Crippen molar-refractivity contribution in [1.82, 2.24) is 0 Å². The molecule has 0 aliphatic carbocycles. The zero-order valence-electron chi connectivity index (χ0n) is 11.2. The van der Waals surface area contributed by atoms with Gasteiger partial charge in [0.15, 0.2) is 0 Å². The molecule has 0 aliphatic rings. The summed E-state index contributed by atoms with van der Waals surface area (Å²) >= 11 is 0. The van der Waals surface area contributed by atoms with E-state index in [1.165, 1.54) is 12.0 Å². The minimum absolute atomic E-state index is 0.261. The average Bonchev–Trinajstić information content (AvgIpc) is 2.37. The van der Waals surface area contributed by atoms with Crippen molar-refractivity contribution < 1.29 is 19.4 Å². The topological polar surface area (TPSA) is 92.9 Å². The number of rotatable bonds is 5. The summed E-state index contributed by atoms with van der Waals surface area (Å²) < 4.78 is 5.18. The summed E-state index contributed by atoms with van der Waals surface area (Å²) in [6.07, 6.45) is -0.261. The molecule has 0 radical (unpaired) electrons. The van der Waals surface area contributed by atoms with Crippen molar-refractivity contribution in [3.8, 4) is 5.75 Å². The first-order valence-electron chi connectivity index (χ1n) is 5.76.